The van der Waals surface area contributed by atoms with Crippen molar-refractivity contribution in [2.75, 3.05) is 4.90 Å². The third kappa shape index (κ3) is 6.75. The van der Waals surface area contributed by atoms with E-state index in [2.05, 4.69) is 36.4 Å². The fourth-order valence-corrected chi connectivity index (χ4v) is 9.49. The number of amides is 2. The predicted molar refractivity (Wildman–Crippen MR) is 264 cm³/mol. The van der Waals surface area contributed by atoms with Crippen LogP contribution in [0.5, 0.6) is 0 Å². The molecule has 2 heterocycles. The lowest BCUT2D eigenvalue weighted by Crippen LogP contribution is -2.30. The molecule has 68 heavy (non-hydrogen) atoms. The van der Waals surface area contributed by atoms with Crippen molar-refractivity contribution in [3.63, 3.8) is 0 Å². The molecule has 10 aromatic rings. The molecule has 0 saturated heterocycles. The summed E-state index contributed by atoms with van der Waals surface area (Å²) >= 11 is 0. The molecule has 0 N–H and O–H groups in total. The van der Waals surface area contributed by atoms with Gasteiger partial charge in [0.2, 0.25) is 0 Å². The zero-order valence-electron chi connectivity index (χ0n) is 36.0. The standard InChI is InChI=1S/C60H32N6O2/c61-33-37-23-38(34-62)26-46(25-37)44-19-21-54-52(29-44)53-30-45(47-27-39(35-63)24-40(28-47)36-64)20-22-55(53)65(54)56-18-10-17-49-57(56)60(68)66(59(49)67)58-50(42-13-6-2-7-14-42)31-48(41-11-4-1-5-12-41)32-51(58)43-15-8-3-9-16-43/h1-32H. The van der Waals surface area contributed by atoms with E-state index >= 15 is 9.59 Å². The Hall–Kier alpha value is -10.1. The number of anilines is 1. The molecule has 0 radical (unpaired) electrons. The van der Waals surface area contributed by atoms with Crippen molar-refractivity contribution in [1.82, 2.24) is 4.57 Å². The van der Waals surface area contributed by atoms with Gasteiger partial charge in [-0.25, -0.2) is 4.90 Å². The van der Waals surface area contributed by atoms with E-state index in [1.54, 1.807) is 48.5 Å². The fraction of sp³-hybridized carbons (Fsp3) is 0. The summed E-state index contributed by atoms with van der Waals surface area (Å²) in [7, 11) is 0. The number of nitriles is 4. The quantitative estimate of drug-likeness (QED) is 0.146. The Morgan fingerprint density at radius 1 is 0.338 bits per heavy atom. The van der Waals surface area contributed by atoms with Crippen LogP contribution in [0.25, 0.3) is 83.1 Å². The highest BCUT2D eigenvalue weighted by Gasteiger charge is 2.42. The molecule has 8 heteroatoms. The molecule has 0 aliphatic carbocycles. The molecule has 0 bridgehead atoms. The Morgan fingerprint density at radius 3 is 1.21 bits per heavy atom. The van der Waals surface area contributed by atoms with Gasteiger partial charge in [0.25, 0.3) is 11.8 Å². The second-order valence-electron chi connectivity index (χ2n) is 16.5. The smallest absolute Gasteiger partial charge is 0.268 e. The van der Waals surface area contributed by atoms with Crippen LogP contribution < -0.4 is 4.90 Å². The van der Waals surface area contributed by atoms with Crippen molar-refractivity contribution < 1.29 is 9.59 Å². The van der Waals surface area contributed by atoms with Crippen LogP contribution in [0, 0.1) is 45.3 Å². The van der Waals surface area contributed by atoms with Crippen LogP contribution in [0.2, 0.25) is 0 Å². The Balaban J connectivity index is 1.15. The Morgan fingerprint density at radius 2 is 0.765 bits per heavy atom. The highest BCUT2D eigenvalue weighted by atomic mass is 16.2. The second-order valence-corrected chi connectivity index (χ2v) is 16.5. The Bertz CT molecular complexity index is 3680. The van der Waals surface area contributed by atoms with Gasteiger partial charge in [-0.15, -0.1) is 0 Å². The number of nitrogens with zero attached hydrogens (tertiary/aromatic N) is 6. The van der Waals surface area contributed by atoms with Gasteiger partial charge in [-0.2, -0.15) is 21.0 Å². The maximum atomic E-state index is 15.6. The first-order valence-corrected chi connectivity index (χ1v) is 21.7. The van der Waals surface area contributed by atoms with E-state index in [-0.39, 0.29) is 11.1 Å². The van der Waals surface area contributed by atoms with Crippen molar-refractivity contribution in [3.8, 4) is 85.6 Å². The van der Waals surface area contributed by atoms with Crippen molar-refractivity contribution in [1.29, 1.82) is 21.0 Å². The molecule has 1 aromatic heterocycles. The Kier molecular flexibility index (Phi) is 9.84. The van der Waals surface area contributed by atoms with E-state index in [0.29, 0.717) is 44.8 Å². The van der Waals surface area contributed by atoms with E-state index < -0.39 is 11.8 Å². The van der Waals surface area contributed by atoms with Gasteiger partial charge in [-0.05, 0) is 129 Å². The van der Waals surface area contributed by atoms with Gasteiger partial charge in [-0.1, -0.05) is 109 Å². The van der Waals surface area contributed by atoms with Crippen molar-refractivity contribution in [2.45, 2.75) is 0 Å². The summed E-state index contributed by atoms with van der Waals surface area (Å²) in [5, 5.41) is 40.9. The molecule has 0 fully saturated rings. The molecular weight excluding hydrogens is 837 g/mol. The van der Waals surface area contributed by atoms with Gasteiger partial charge in [0.05, 0.1) is 80.1 Å². The van der Waals surface area contributed by atoms with Crippen LogP contribution in [0.3, 0.4) is 0 Å². The number of hydrogen-bond donors (Lipinski definition) is 0. The maximum absolute atomic E-state index is 15.6. The first-order valence-electron chi connectivity index (χ1n) is 21.7. The lowest BCUT2D eigenvalue weighted by Gasteiger charge is -2.24. The van der Waals surface area contributed by atoms with Crippen molar-refractivity contribution in [2.24, 2.45) is 0 Å². The number of benzene rings is 9. The highest BCUT2D eigenvalue weighted by molar-refractivity contribution is 6.37. The van der Waals surface area contributed by atoms with E-state index in [1.807, 2.05) is 138 Å². The molecular formula is C60H32N6O2. The third-order valence-electron chi connectivity index (χ3n) is 12.6. The van der Waals surface area contributed by atoms with E-state index in [1.165, 1.54) is 4.90 Å². The topological polar surface area (TPSA) is 137 Å². The van der Waals surface area contributed by atoms with Gasteiger partial charge in [0, 0.05) is 21.9 Å². The number of rotatable bonds is 7. The lowest BCUT2D eigenvalue weighted by molar-refractivity contribution is 0.0926. The summed E-state index contributed by atoms with van der Waals surface area (Å²) < 4.78 is 2.00. The summed E-state index contributed by atoms with van der Waals surface area (Å²) in [5.41, 5.74) is 12.3. The van der Waals surface area contributed by atoms with Crippen molar-refractivity contribution >= 4 is 39.3 Å². The summed E-state index contributed by atoms with van der Waals surface area (Å²) in [6.07, 6.45) is 0. The van der Waals surface area contributed by atoms with Gasteiger partial charge in [0.1, 0.15) is 0 Å². The fourth-order valence-electron chi connectivity index (χ4n) is 9.49. The van der Waals surface area contributed by atoms with Gasteiger partial charge >= 0.3 is 0 Å². The molecule has 8 nitrogen and oxygen atoms in total. The first kappa shape index (κ1) is 40.6. The molecule has 0 spiro atoms. The number of hydrogen-bond acceptors (Lipinski definition) is 6. The highest BCUT2D eigenvalue weighted by Crippen LogP contribution is 2.47. The van der Waals surface area contributed by atoms with E-state index in [9.17, 15) is 21.0 Å². The molecule has 1 aliphatic heterocycles. The number of aromatic nitrogens is 1. The molecule has 0 atom stereocenters. The summed E-state index contributed by atoms with van der Waals surface area (Å²) in [6.45, 7) is 0. The zero-order valence-corrected chi connectivity index (χ0v) is 36.0. The van der Waals surface area contributed by atoms with Crippen LogP contribution in [0.4, 0.5) is 5.69 Å². The second kappa shape index (κ2) is 16.5. The van der Waals surface area contributed by atoms with Crippen LogP contribution >= 0.6 is 0 Å². The Labute approximate surface area is 390 Å². The molecule has 11 rings (SSSR count). The van der Waals surface area contributed by atoms with Crippen LogP contribution in [0.1, 0.15) is 43.0 Å². The van der Waals surface area contributed by atoms with Crippen LogP contribution in [-0.4, -0.2) is 16.4 Å². The monoisotopic (exact) mass is 868 g/mol. The summed E-state index contributed by atoms with van der Waals surface area (Å²) in [6, 6.07) is 69.6. The molecule has 314 valence electrons. The lowest BCUT2D eigenvalue weighted by atomic mass is 9.90. The SMILES string of the molecule is N#Cc1cc(C#N)cc(-c2ccc3c(c2)c2cc(-c4cc(C#N)cc(C#N)c4)ccc2n3-c2cccc3c2C(=O)N(c2c(-c4ccccc4)cc(-c4ccccc4)cc2-c2ccccc2)C3=O)c1. The normalized spacial score (nSPS) is 11.8. The maximum Gasteiger partial charge on any atom is 0.268 e. The minimum Gasteiger partial charge on any atom is -0.308 e. The van der Waals surface area contributed by atoms with E-state index in [0.717, 1.165) is 66.3 Å². The van der Waals surface area contributed by atoms with Gasteiger partial charge < -0.3 is 4.57 Å². The molecule has 1 aliphatic rings. The van der Waals surface area contributed by atoms with Crippen molar-refractivity contribution in [3.05, 3.63) is 228 Å². The summed E-state index contributed by atoms with van der Waals surface area (Å²) in [5.74, 6) is -0.921. The first-order chi connectivity index (χ1) is 33.3. The number of carbonyl (C=O) groups is 2. The van der Waals surface area contributed by atoms with Gasteiger partial charge in [-0.3, -0.25) is 9.59 Å². The largest absolute Gasteiger partial charge is 0.308 e. The minimum absolute atomic E-state index is 0.246. The molecule has 9 aromatic carbocycles. The predicted octanol–water partition coefficient (Wildman–Crippen LogP) is 13.4. The van der Waals surface area contributed by atoms with E-state index in [4.69, 9.17) is 0 Å². The number of imide groups is 1. The van der Waals surface area contributed by atoms with Crippen LogP contribution in [-0.2, 0) is 0 Å². The summed E-state index contributed by atoms with van der Waals surface area (Å²) in [4.78, 5) is 32.2. The zero-order chi connectivity index (χ0) is 46.5. The number of fused-ring (bicyclic) bond motifs is 4. The minimum atomic E-state index is -0.472. The molecule has 2 amide bonds. The molecule has 0 unspecified atom stereocenters. The molecule has 0 saturated carbocycles. The van der Waals surface area contributed by atoms with Crippen LogP contribution in [0.15, 0.2) is 194 Å². The number of carbonyl (C=O) groups excluding carboxylic acids is 2. The third-order valence-corrected chi connectivity index (χ3v) is 12.6. The van der Waals surface area contributed by atoms with Gasteiger partial charge in [0.15, 0.2) is 0 Å². The average molecular weight is 869 g/mol. The average Bonchev–Trinajstić information content (AvgIpc) is 3.87.